The van der Waals surface area contributed by atoms with E-state index in [1.807, 2.05) is 121 Å². The van der Waals surface area contributed by atoms with Gasteiger partial charge in [-0.3, -0.25) is 0 Å². The lowest BCUT2D eigenvalue weighted by atomic mass is 9.88. The first-order chi connectivity index (χ1) is 42.2. The molecule has 17 rings (SSSR count). The lowest BCUT2D eigenvalue weighted by Gasteiger charge is -2.26. The number of rotatable bonds is 6. The Bertz CT molecular complexity index is 5910. The van der Waals surface area contributed by atoms with Gasteiger partial charge >= 0.3 is 0 Å². The zero-order valence-electron chi connectivity index (χ0n) is 47.7. The molecule has 0 radical (unpaired) electrons. The Morgan fingerprint density at radius 1 is 0.444 bits per heavy atom. The fraction of sp³-hybridized carbons (Fsp3) is 0. The van der Waals surface area contributed by atoms with Gasteiger partial charge in [0.15, 0.2) is 0 Å². The van der Waals surface area contributed by atoms with Gasteiger partial charge in [0.2, 0.25) is 5.69 Å². The topological polar surface area (TPSA) is 51.1 Å². The molecule has 0 fully saturated rings. The Labute approximate surface area is 478 Å². The van der Waals surface area contributed by atoms with Gasteiger partial charge in [-0.05, 0) is 75.8 Å². The third-order valence-corrected chi connectivity index (χ3v) is 18.6. The quantitative estimate of drug-likeness (QED) is 0.156. The molecule has 0 unspecified atom stereocenters. The van der Waals surface area contributed by atoms with Gasteiger partial charge in [0.05, 0.1) is 61.8 Å². The molecule has 5 nitrogen and oxygen atoms in total. The van der Waals surface area contributed by atoms with E-state index in [1.165, 1.54) is 0 Å². The van der Waals surface area contributed by atoms with Crippen molar-refractivity contribution in [1.29, 1.82) is 5.26 Å². The van der Waals surface area contributed by atoms with Crippen LogP contribution in [-0.2, 0) is 0 Å². The average Bonchev–Trinajstić information content (AvgIpc) is 1.94. The van der Waals surface area contributed by atoms with Gasteiger partial charge in [0, 0.05) is 74.4 Å². The van der Waals surface area contributed by atoms with Gasteiger partial charge in [0.25, 0.3) is 0 Å². The van der Waals surface area contributed by atoms with Gasteiger partial charge in [-0.2, -0.15) is 5.26 Å². The molecule has 0 aliphatic rings. The number of benzene rings is 12. The van der Waals surface area contributed by atoms with Crippen LogP contribution in [0.4, 0.5) is 5.69 Å². The molecule has 0 saturated heterocycles. The van der Waals surface area contributed by atoms with Crippen molar-refractivity contribution in [2.75, 3.05) is 0 Å². The van der Waals surface area contributed by atoms with E-state index < -0.39 is 18.1 Å². The maximum atomic E-state index is 12.5. The molecule has 5 aromatic heterocycles. The minimum atomic E-state index is -0.479. The molecule has 0 aliphatic carbocycles. The monoisotopic (exact) mass is 1070 g/mol. The number of fused-ring (bicyclic) bond motifs is 17. The molecule has 81 heavy (non-hydrogen) atoms. The second kappa shape index (κ2) is 17.5. The smallest absolute Gasteiger partial charge is 0.220 e. The second-order valence-corrected chi connectivity index (χ2v) is 22.5. The van der Waals surface area contributed by atoms with Crippen LogP contribution in [-0.4, -0.2) is 9.13 Å². The molecule has 0 aliphatic heterocycles. The fourth-order valence-corrected chi connectivity index (χ4v) is 15.4. The number of furan rings is 1. The summed E-state index contributed by atoms with van der Waals surface area (Å²) in [5, 5.41) is 21.7. The largest absolute Gasteiger partial charge is 0.456 e. The summed E-state index contributed by atoms with van der Waals surface area (Å²) in [6.45, 7) is 9.62. The third kappa shape index (κ3) is 6.45. The van der Waals surface area contributed by atoms with Crippen molar-refractivity contribution >= 4 is 134 Å². The van der Waals surface area contributed by atoms with Crippen LogP contribution in [0.15, 0.2) is 247 Å². The molecule has 374 valence electrons. The van der Waals surface area contributed by atoms with E-state index in [-0.39, 0.29) is 28.9 Å². The molecule has 0 bridgehead atoms. The second-order valence-electron chi connectivity index (χ2n) is 20.4. The molecule has 0 N–H and O–H groups in total. The zero-order valence-corrected chi connectivity index (χ0v) is 44.4. The van der Waals surface area contributed by atoms with Crippen LogP contribution in [0.2, 0.25) is 0 Å². The van der Waals surface area contributed by atoms with Crippen LogP contribution < -0.4 is 0 Å². The van der Waals surface area contributed by atoms with Crippen LogP contribution in [0.1, 0.15) is 12.4 Å². The average molecular weight is 1070 g/mol. The standard InChI is InChI=1S/C74H40N4OS2/c1-76-68-64(44-22-7-3-8-23-44)57(42-75)69(78-70-54(39-38-52-50-27-13-17-34-62(50)80-73(52)70)67-55(43-20-5-2-6-21-43)41-56-51-28-14-18-35-63(51)81-74(56)72(67)78)65(45-24-9-4-10-25-45)71(68)77-58-31-15-11-26-48(58)49-37-36-46(40-59(49)77)47-30-19-33-61-66(47)53-29-12-16-32-60(53)79-61/h2-41H/i2D,5D,6D,20D,21D. The predicted molar refractivity (Wildman–Crippen MR) is 341 cm³/mol. The van der Waals surface area contributed by atoms with Crippen molar-refractivity contribution in [2.45, 2.75) is 0 Å². The van der Waals surface area contributed by atoms with Gasteiger partial charge in [0.1, 0.15) is 17.2 Å². The Kier molecular flexibility index (Phi) is 8.77. The number of thiophene rings is 2. The summed E-state index contributed by atoms with van der Waals surface area (Å²) in [5.74, 6) is 0. The number of aromatic nitrogens is 2. The van der Waals surface area contributed by atoms with E-state index >= 15 is 0 Å². The zero-order chi connectivity index (χ0) is 57.8. The molecule has 7 heteroatoms. The number of hydrogen-bond acceptors (Lipinski definition) is 4. The van der Waals surface area contributed by atoms with Crippen LogP contribution in [0, 0.1) is 17.9 Å². The summed E-state index contributed by atoms with van der Waals surface area (Å²) in [5.41, 5.74) is 11.4. The number of para-hydroxylation sites is 2. The first-order valence-corrected chi connectivity index (χ1v) is 28.2. The maximum absolute atomic E-state index is 12.5. The van der Waals surface area contributed by atoms with Crippen LogP contribution >= 0.6 is 22.7 Å². The molecule has 0 spiro atoms. The lowest BCUT2D eigenvalue weighted by molar-refractivity contribution is 0.669. The summed E-state index contributed by atoms with van der Waals surface area (Å²) < 4.78 is 61.1. The van der Waals surface area contributed by atoms with Crippen molar-refractivity contribution in [2.24, 2.45) is 0 Å². The van der Waals surface area contributed by atoms with E-state index in [4.69, 9.17) is 8.53 Å². The third-order valence-electron chi connectivity index (χ3n) is 16.3. The molecule has 12 aromatic carbocycles. The highest BCUT2D eigenvalue weighted by Gasteiger charge is 2.34. The Balaban J connectivity index is 1.15. The molecule has 0 amide bonds. The first kappa shape index (κ1) is 40.6. The number of hydrogen-bond donors (Lipinski definition) is 0. The predicted octanol–water partition coefficient (Wildman–Crippen LogP) is 21.6. The van der Waals surface area contributed by atoms with Crippen molar-refractivity contribution in [3.8, 4) is 62.0 Å². The number of nitrogens with zero attached hydrogens (tertiary/aromatic N) is 4. The van der Waals surface area contributed by atoms with Crippen molar-refractivity contribution in [3.63, 3.8) is 0 Å². The van der Waals surface area contributed by atoms with Gasteiger partial charge in [-0.25, -0.2) is 4.85 Å². The van der Waals surface area contributed by atoms with Crippen molar-refractivity contribution in [1.82, 2.24) is 9.13 Å². The van der Waals surface area contributed by atoms with Gasteiger partial charge in [-0.15, -0.1) is 22.7 Å². The molecule has 5 heterocycles. The minimum Gasteiger partial charge on any atom is -0.456 e. The highest BCUT2D eigenvalue weighted by Crippen LogP contribution is 2.56. The van der Waals surface area contributed by atoms with Gasteiger partial charge < -0.3 is 13.6 Å². The van der Waals surface area contributed by atoms with Crippen molar-refractivity contribution < 1.29 is 11.3 Å². The highest BCUT2D eigenvalue weighted by molar-refractivity contribution is 7.27. The summed E-state index contributed by atoms with van der Waals surface area (Å²) >= 11 is 3.27. The minimum absolute atomic E-state index is 0.0756. The molecular formula is C74H40N4OS2. The van der Waals surface area contributed by atoms with Crippen LogP contribution in [0.25, 0.3) is 167 Å². The van der Waals surface area contributed by atoms with E-state index in [0.29, 0.717) is 44.5 Å². The SMILES string of the molecule is [2H]c1c([2H])c([2H])c(-c2cc3c4ccccc4sc3c3c2c2ccc4c5ccccc5sc4c2n3-c2c(C#N)c(-c3ccccc3)c([N+]#[C-])c(-n3c4ccccc4c4ccc(-c5cccc6oc7ccccc7c56)cc43)c2-c2ccccc2)c([2H])c1[2H]. The van der Waals surface area contributed by atoms with E-state index in [0.717, 1.165) is 112 Å². The Hall–Kier alpha value is -10.5. The Morgan fingerprint density at radius 2 is 1.05 bits per heavy atom. The Morgan fingerprint density at radius 3 is 1.79 bits per heavy atom. The van der Waals surface area contributed by atoms with E-state index in [9.17, 15) is 14.6 Å². The van der Waals surface area contributed by atoms with Crippen molar-refractivity contribution in [3.05, 3.63) is 260 Å². The summed E-state index contributed by atoms with van der Waals surface area (Å²) in [4.78, 5) is 4.63. The first-order valence-electron chi connectivity index (χ1n) is 29.1. The van der Waals surface area contributed by atoms with Crippen LogP contribution in [0.3, 0.4) is 0 Å². The van der Waals surface area contributed by atoms with Gasteiger partial charge in [-0.1, -0.05) is 200 Å². The van der Waals surface area contributed by atoms with Crippen LogP contribution in [0.5, 0.6) is 0 Å². The summed E-state index contributed by atoms with van der Waals surface area (Å²) in [6.07, 6.45) is 0. The molecule has 17 aromatic rings. The molecular weight excluding hydrogens is 1020 g/mol. The lowest BCUT2D eigenvalue weighted by Crippen LogP contribution is -2.09. The molecule has 0 saturated carbocycles. The maximum Gasteiger partial charge on any atom is 0.220 e. The molecule has 0 atom stereocenters. The van der Waals surface area contributed by atoms with E-state index in [1.54, 1.807) is 22.7 Å². The summed E-state index contributed by atoms with van der Waals surface area (Å²) in [6, 6.07) is 72.6. The highest BCUT2D eigenvalue weighted by atomic mass is 32.1. The summed E-state index contributed by atoms with van der Waals surface area (Å²) in [7, 11) is 0. The normalized spacial score (nSPS) is 12.8. The fourth-order valence-electron chi connectivity index (χ4n) is 13.0. The van der Waals surface area contributed by atoms with E-state index in [2.05, 4.69) is 111 Å². The number of nitriles is 1.